The number of hydrogen-bond acceptors (Lipinski definition) is 2. The molecule has 2 rings (SSSR count). The molecule has 3 nitrogen and oxygen atoms in total. The number of hydrogen-bond donors (Lipinski definition) is 1. The Morgan fingerprint density at radius 3 is 2.61 bits per heavy atom. The lowest BCUT2D eigenvalue weighted by molar-refractivity contribution is -0.137. The maximum Gasteiger partial charge on any atom is 0.304 e. The van der Waals surface area contributed by atoms with Gasteiger partial charge in [-0.15, -0.1) is 0 Å². The van der Waals surface area contributed by atoms with Gasteiger partial charge in [-0.05, 0) is 30.2 Å². The van der Waals surface area contributed by atoms with Gasteiger partial charge in [0.1, 0.15) is 5.75 Å². The smallest absolute Gasteiger partial charge is 0.304 e. The van der Waals surface area contributed by atoms with Crippen molar-refractivity contribution in [3.8, 4) is 5.75 Å². The van der Waals surface area contributed by atoms with Crippen molar-refractivity contribution in [1.29, 1.82) is 0 Å². The van der Waals surface area contributed by atoms with Crippen LogP contribution in [-0.2, 0) is 4.79 Å². The van der Waals surface area contributed by atoms with E-state index in [1.165, 1.54) is 0 Å². The van der Waals surface area contributed by atoms with Gasteiger partial charge in [0, 0.05) is 16.0 Å². The van der Waals surface area contributed by atoms with E-state index in [0.29, 0.717) is 6.61 Å². The van der Waals surface area contributed by atoms with Crippen molar-refractivity contribution in [3.63, 3.8) is 0 Å². The summed E-state index contributed by atoms with van der Waals surface area (Å²) in [6, 6.07) is 15.5. The maximum atomic E-state index is 11.4. The minimum absolute atomic E-state index is 0.0323. The quantitative estimate of drug-likeness (QED) is 0.641. The molecule has 0 saturated heterocycles. The summed E-state index contributed by atoms with van der Waals surface area (Å²) in [4.78, 5) is 11.4. The second-order valence-corrected chi connectivity index (χ2v) is 6.36. The van der Waals surface area contributed by atoms with Gasteiger partial charge in [0.25, 0.3) is 0 Å². The van der Waals surface area contributed by atoms with Crippen molar-refractivity contribution in [1.82, 2.24) is 0 Å². The van der Waals surface area contributed by atoms with E-state index < -0.39 is 5.97 Å². The summed E-state index contributed by atoms with van der Waals surface area (Å²) in [5, 5.41) is 9.33. The van der Waals surface area contributed by atoms with Gasteiger partial charge in [-0.1, -0.05) is 59.6 Å². The van der Waals surface area contributed by atoms with Crippen LogP contribution in [0.5, 0.6) is 5.75 Å². The molecule has 0 bridgehead atoms. The molecule has 23 heavy (non-hydrogen) atoms. The lowest BCUT2D eigenvalue weighted by Crippen LogP contribution is -2.10. The number of benzene rings is 2. The number of ether oxygens (including phenoxy) is 1. The summed E-state index contributed by atoms with van der Waals surface area (Å²) in [6.07, 6.45) is 2.07. The molecular weight excluding hydrogens is 356 g/mol. The van der Waals surface area contributed by atoms with Crippen molar-refractivity contribution < 1.29 is 14.6 Å². The van der Waals surface area contributed by atoms with E-state index in [-0.39, 0.29) is 12.3 Å². The zero-order valence-corrected chi connectivity index (χ0v) is 14.8. The third-order valence-electron chi connectivity index (χ3n) is 3.68. The van der Waals surface area contributed by atoms with Gasteiger partial charge >= 0.3 is 5.97 Å². The minimum atomic E-state index is -0.821. The molecule has 4 heteroatoms. The fourth-order valence-corrected chi connectivity index (χ4v) is 2.90. The van der Waals surface area contributed by atoms with Gasteiger partial charge < -0.3 is 9.84 Å². The Balaban J connectivity index is 2.40. The summed E-state index contributed by atoms with van der Waals surface area (Å²) < 4.78 is 6.82. The molecule has 122 valence electrons. The molecule has 0 aliphatic rings. The van der Waals surface area contributed by atoms with E-state index in [4.69, 9.17) is 4.74 Å². The Morgan fingerprint density at radius 1 is 1.22 bits per heavy atom. The van der Waals surface area contributed by atoms with Crippen LogP contribution in [0.2, 0.25) is 0 Å². The summed E-state index contributed by atoms with van der Waals surface area (Å²) >= 11 is 3.48. The topological polar surface area (TPSA) is 46.5 Å². The highest BCUT2D eigenvalue weighted by Crippen LogP contribution is 2.36. The first kappa shape index (κ1) is 17.5. The van der Waals surface area contributed by atoms with Crippen molar-refractivity contribution >= 4 is 21.9 Å². The van der Waals surface area contributed by atoms with Crippen LogP contribution in [0.15, 0.2) is 53.0 Å². The average molecular weight is 377 g/mol. The summed E-state index contributed by atoms with van der Waals surface area (Å²) in [6.45, 7) is 2.75. The SMILES string of the molecule is CCCCOc1ccc(Br)cc1[C@H](CC(=O)O)c1ccccc1. The van der Waals surface area contributed by atoms with Crippen LogP contribution in [0, 0.1) is 0 Å². The number of aliphatic carboxylic acids is 1. The molecule has 1 atom stereocenters. The van der Waals surface area contributed by atoms with Crippen molar-refractivity contribution in [2.75, 3.05) is 6.61 Å². The number of carboxylic acid groups (broad SMARTS) is 1. The number of halogens is 1. The van der Waals surface area contributed by atoms with Crippen LogP contribution in [-0.4, -0.2) is 17.7 Å². The Kier molecular flexibility index (Phi) is 6.66. The molecule has 0 amide bonds. The van der Waals surface area contributed by atoms with Gasteiger partial charge in [-0.2, -0.15) is 0 Å². The molecule has 0 aliphatic carbocycles. The molecule has 0 saturated carbocycles. The van der Waals surface area contributed by atoms with Crippen molar-refractivity contribution in [3.05, 3.63) is 64.1 Å². The van der Waals surface area contributed by atoms with Crippen molar-refractivity contribution in [2.24, 2.45) is 0 Å². The molecule has 0 fully saturated rings. The standard InChI is InChI=1S/C19H21BrO3/c1-2-3-11-23-18-10-9-15(20)12-17(18)16(13-19(21)22)14-7-5-4-6-8-14/h4-10,12,16H,2-3,11,13H2,1H3,(H,21,22)/t16-/m1/s1. The molecule has 0 unspecified atom stereocenters. The molecule has 0 radical (unpaired) electrons. The van der Waals surface area contributed by atoms with Crippen molar-refractivity contribution in [2.45, 2.75) is 32.1 Å². The molecule has 2 aromatic rings. The molecule has 0 aliphatic heterocycles. The predicted octanol–water partition coefficient (Wildman–Crippen LogP) is 5.23. The van der Waals surface area contributed by atoms with E-state index in [1.54, 1.807) is 0 Å². The second kappa shape index (κ2) is 8.73. The number of unbranched alkanes of at least 4 members (excludes halogenated alkanes) is 1. The Labute approximate surface area is 145 Å². The summed E-state index contributed by atoms with van der Waals surface area (Å²) in [5.74, 6) is -0.294. The monoisotopic (exact) mass is 376 g/mol. The largest absolute Gasteiger partial charge is 0.493 e. The lowest BCUT2D eigenvalue weighted by atomic mass is 9.88. The Hall–Kier alpha value is -1.81. The molecule has 0 spiro atoms. The van der Waals surface area contributed by atoms with Gasteiger partial charge in [-0.25, -0.2) is 0 Å². The van der Waals surface area contributed by atoms with E-state index in [1.807, 2.05) is 48.5 Å². The molecular formula is C19H21BrO3. The fourth-order valence-electron chi connectivity index (χ4n) is 2.52. The zero-order valence-electron chi connectivity index (χ0n) is 13.2. The fraction of sp³-hybridized carbons (Fsp3) is 0.316. The van der Waals surface area contributed by atoms with Crippen LogP contribution in [0.4, 0.5) is 0 Å². The van der Waals surface area contributed by atoms with Crippen LogP contribution in [0.3, 0.4) is 0 Å². The first-order valence-corrected chi connectivity index (χ1v) is 8.60. The molecule has 0 aromatic heterocycles. The highest BCUT2D eigenvalue weighted by molar-refractivity contribution is 9.10. The number of carboxylic acids is 1. The number of rotatable bonds is 8. The van der Waals surface area contributed by atoms with Crippen LogP contribution in [0.25, 0.3) is 0 Å². The predicted molar refractivity (Wildman–Crippen MR) is 95.1 cm³/mol. The molecule has 1 N–H and O–H groups in total. The highest BCUT2D eigenvalue weighted by Gasteiger charge is 2.22. The van der Waals surface area contributed by atoms with E-state index in [2.05, 4.69) is 22.9 Å². The van der Waals surface area contributed by atoms with Gasteiger partial charge in [0.15, 0.2) is 0 Å². The first-order valence-electron chi connectivity index (χ1n) is 7.80. The highest BCUT2D eigenvalue weighted by atomic mass is 79.9. The Morgan fingerprint density at radius 2 is 1.96 bits per heavy atom. The normalized spacial score (nSPS) is 11.9. The van der Waals surface area contributed by atoms with Crippen LogP contribution in [0.1, 0.15) is 43.2 Å². The van der Waals surface area contributed by atoms with E-state index in [9.17, 15) is 9.90 Å². The third kappa shape index (κ3) is 5.10. The lowest BCUT2D eigenvalue weighted by Gasteiger charge is -2.20. The molecule has 0 heterocycles. The molecule has 2 aromatic carbocycles. The minimum Gasteiger partial charge on any atom is -0.493 e. The second-order valence-electron chi connectivity index (χ2n) is 5.45. The average Bonchev–Trinajstić information content (AvgIpc) is 2.55. The first-order chi connectivity index (χ1) is 11.1. The van der Waals surface area contributed by atoms with Gasteiger partial charge in [0.2, 0.25) is 0 Å². The van der Waals surface area contributed by atoms with Gasteiger partial charge in [0.05, 0.1) is 13.0 Å². The van der Waals surface area contributed by atoms with Crippen LogP contribution >= 0.6 is 15.9 Å². The third-order valence-corrected chi connectivity index (χ3v) is 4.18. The van der Waals surface area contributed by atoms with E-state index in [0.717, 1.165) is 34.2 Å². The maximum absolute atomic E-state index is 11.4. The Bertz CT molecular complexity index is 640. The summed E-state index contributed by atoms with van der Waals surface area (Å²) in [5.41, 5.74) is 1.89. The van der Waals surface area contributed by atoms with Crippen LogP contribution < -0.4 is 4.74 Å². The zero-order chi connectivity index (χ0) is 16.7. The summed E-state index contributed by atoms with van der Waals surface area (Å²) in [7, 11) is 0. The number of carbonyl (C=O) groups is 1. The van der Waals surface area contributed by atoms with Gasteiger partial charge in [-0.3, -0.25) is 4.79 Å². The van der Waals surface area contributed by atoms with E-state index >= 15 is 0 Å².